The summed E-state index contributed by atoms with van der Waals surface area (Å²) in [7, 11) is 1.37. The molecule has 5 heteroatoms. The van der Waals surface area contributed by atoms with Gasteiger partial charge < -0.3 is 4.74 Å². The van der Waals surface area contributed by atoms with Crippen LogP contribution < -0.4 is 0 Å². The van der Waals surface area contributed by atoms with Gasteiger partial charge in [0.25, 0.3) is 0 Å². The first kappa shape index (κ1) is 16.4. The summed E-state index contributed by atoms with van der Waals surface area (Å²) in [5.41, 5.74) is 4.80. The fourth-order valence-electron chi connectivity index (χ4n) is 5.02. The SMILES string of the molecule is COC(=O)c1ccccc1[C@H]1CN=N[C@]12Cc1ccc3c(c1C2=O)CCC3. The monoisotopic (exact) mass is 360 g/mol. The van der Waals surface area contributed by atoms with Gasteiger partial charge >= 0.3 is 5.97 Å². The number of carbonyl (C=O) groups is 2. The highest BCUT2D eigenvalue weighted by Gasteiger charge is 2.56. The Morgan fingerprint density at radius 2 is 1.96 bits per heavy atom. The molecule has 0 N–H and O–H groups in total. The molecule has 0 aromatic heterocycles. The molecule has 0 unspecified atom stereocenters. The number of carbonyl (C=O) groups excluding carboxylic acids is 2. The third-order valence-corrected chi connectivity index (χ3v) is 6.28. The van der Waals surface area contributed by atoms with Gasteiger partial charge in [0, 0.05) is 17.9 Å². The Balaban J connectivity index is 1.63. The minimum absolute atomic E-state index is 0.0715. The highest BCUT2D eigenvalue weighted by molar-refractivity contribution is 6.10. The van der Waals surface area contributed by atoms with Gasteiger partial charge in [0.05, 0.1) is 19.2 Å². The van der Waals surface area contributed by atoms with Crippen LogP contribution in [0.2, 0.25) is 0 Å². The van der Waals surface area contributed by atoms with Gasteiger partial charge in [-0.05, 0) is 47.6 Å². The molecular weight excluding hydrogens is 340 g/mol. The normalized spacial score (nSPS) is 25.1. The van der Waals surface area contributed by atoms with Gasteiger partial charge in [-0.3, -0.25) is 4.79 Å². The zero-order chi connectivity index (χ0) is 18.6. The molecule has 2 aromatic rings. The van der Waals surface area contributed by atoms with E-state index in [1.165, 1.54) is 18.2 Å². The van der Waals surface area contributed by atoms with E-state index in [4.69, 9.17) is 4.74 Å². The van der Waals surface area contributed by atoms with Gasteiger partial charge in [-0.25, -0.2) is 4.79 Å². The van der Waals surface area contributed by atoms with E-state index < -0.39 is 11.5 Å². The van der Waals surface area contributed by atoms with Crippen molar-refractivity contribution in [3.63, 3.8) is 0 Å². The van der Waals surface area contributed by atoms with Crippen molar-refractivity contribution < 1.29 is 14.3 Å². The molecule has 0 amide bonds. The maximum absolute atomic E-state index is 13.6. The maximum atomic E-state index is 13.6. The van der Waals surface area contributed by atoms with Crippen molar-refractivity contribution in [2.75, 3.05) is 13.7 Å². The van der Waals surface area contributed by atoms with Gasteiger partial charge in [0.2, 0.25) is 0 Å². The Hall–Kier alpha value is -2.82. The number of nitrogens with zero attached hydrogens (tertiary/aromatic N) is 2. The van der Waals surface area contributed by atoms with Crippen molar-refractivity contribution in [1.82, 2.24) is 0 Å². The largest absolute Gasteiger partial charge is 0.465 e. The first-order valence-electron chi connectivity index (χ1n) is 9.40. The van der Waals surface area contributed by atoms with E-state index in [-0.39, 0.29) is 11.7 Å². The molecule has 1 aliphatic heterocycles. The molecule has 0 fully saturated rings. The smallest absolute Gasteiger partial charge is 0.338 e. The first-order valence-corrected chi connectivity index (χ1v) is 9.40. The van der Waals surface area contributed by atoms with E-state index >= 15 is 0 Å². The second kappa shape index (κ2) is 5.84. The minimum Gasteiger partial charge on any atom is -0.465 e. The van der Waals surface area contributed by atoms with Crippen molar-refractivity contribution in [3.05, 3.63) is 69.8 Å². The number of aryl methyl sites for hydroxylation is 1. The van der Waals surface area contributed by atoms with Crippen LogP contribution >= 0.6 is 0 Å². The predicted octanol–water partition coefficient (Wildman–Crippen LogP) is 3.69. The molecule has 1 spiro atoms. The fourth-order valence-corrected chi connectivity index (χ4v) is 5.02. The van der Waals surface area contributed by atoms with Crippen LogP contribution in [-0.2, 0) is 24.0 Å². The molecule has 5 nitrogen and oxygen atoms in total. The third kappa shape index (κ3) is 2.17. The summed E-state index contributed by atoms with van der Waals surface area (Å²) in [6.07, 6.45) is 3.65. The van der Waals surface area contributed by atoms with Crippen molar-refractivity contribution in [2.45, 2.75) is 37.1 Å². The Morgan fingerprint density at radius 3 is 2.81 bits per heavy atom. The van der Waals surface area contributed by atoms with Crippen LogP contribution in [0.25, 0.3) is 0 Å². The number of esters is 1. The van der Waals surface area contributed by atoms with Crippen molar-refractivity contribution in [3.8, 4) is 0 Å². The van der Waals surface area contributed by atoms with Crippen LogP contribution in [0.4, 0.5) is 0 Å². The quantitative estimate of drug-likeness (QED) is 0.767. The molecule has 5 rings (SSSR count). The van der Waals surface area contributed by atoms with Crippen LogP contribution in [0.15, 0.2) is 46.6 Å². The highest BCUT2D eigenvalue weighted by Crippen LogP contribution is 2.49. The fraction of sp³-hybridized carbons (Fsp3) is 0.364. The lowest BCUT2D eigenvalue weighted by Crippen LogP contribution is -2.39. The lowest BCUT2D eigenvalue weighted by atomic mass is 9.76. The van der Waals surface area contributed by atoms with Crippen LogP contribution in [0.5, 0.6) is 0 Å². The van der Waals surface area contributed by atoms with Crippen LogP contribution in [0.1, 0.15) is 55.3 Å². The second-order valence-corrected chi connectivity index (χ2v) is 7.58. The molecule has 0 saturated heterocycles. The molecule has 0 saturated carbocycles. The number of methoxy groups -OCH3 is 1. The maximum Gasteiger partial charge on any atom is 0.338 e. The molecule has 2 aromatic carbocycles. The van der Waals surface area contributed by atoms with Gasteiger partial charge in [0.15, 0.2) is 11.3 Å². The zero-order valence-corrected chi connectivity index (χ0v) is 15.2. The Labute approximate surface area is 157 Å². The summed E-state index contributed by atoms with van der Waals surface area (Å²) in [5.74, 6) is -0.566. The number of hydrogen-bond acceptors (Lipinski definition) is 5. The van der Waals surface area contributed by atoms with E-state index in [9.17, 15) is 9.59 Å². The summed E-state index contributed by atoms with van der Waals surface area (Å²) in [5, 5.41) is 8.78. The van der Waals surface area contributed by atoms with E-state index in [1.54, 1.807) is 6.07 Å². The first-order chi connectivity index (χ1) is 13.2. The van der Waals surface area contributed by atoms with Gasteiger partial charge in [-0.1, -0.05) is 30.3 Å². The summed E-state index contributed by atoms with van der Waals surface area (Å²) < 4.78 is 4.95. The average molecular weight is 360 g/mol. The van der Waals surface area contributed by atoms with Crippen LogP contribution in [0, 0.1) is 0 Å². The van der Waals surface area contributed by atoms with Gasteiger partial charge in [-0.15, -0.1) is 0 Å². The molecule has 0 radical (unpaired) electrons. The van der Waals surface area contributed by atoms with E-state index in [1.807, 2.05) is 18.2 Å². The van der Waals surface area contributed by atoms with E-state index in [0.717, 1.165) is 36.0 Å². The molecule has 2 atom stereocenters. The number of fused-ring (bicyclic) bond motifs is 3. The lowest BCUT2D eigenvalue weighted by Gasteiger charge is -2.27. The summed E-state index contributed by atoms with van der Waals surface area (Å²) in [6, 6.07) is 11.6. The lowest BCUT2D eigenvalue weighted by molar-refractivity contribution is 0.0597. The Kier molecular flexibility index (Phi) is 3.54. The van der Waals surface area contributed by atoms with Crippen molar-refractivity contribution >= 4 is 11.8 Å². The Morgan fingerprint density at radius 1 is 1.15 bits per heavy atom. The molecule has 3 aliphatic rings. The molecule has 136 valence electrons. The number of hydrogen-bond donors (Lipinski definition) is 0. The number of rotatable bonds is 2. The standard InChI is InChI=1S/C22H20N2O3/c1-27-21(26)17-7-3-2-6-16(17)18-12-23-24-22(18)11-14-10-9-13-5-4-8-15(13)19(14)20(22)25/h2-3,6-7,9-10,18H,4-5,8,11-12H2,1H3/t18-,22-/m1/s1. The van der Waals surface area contributed by atoms with Crippen LogP contribution in [-0.4, -0.2) is 30.9 Å². The topological polar surface area (TPSA) is 68.1 Å². The van der Waals surface area contributed by atoms with Crippen molar-refractivity contribution in [1.29, 1.82) is 0 Å². The number of ketones is 1. The zero-order valence-electron chi connectivity index (χ0n) is 15.2. The van der Waals surface area contributed by atoms with E-state index in [0.29, 0.717) is 18.5 Å². The molecular formula is C22H20N2O3. The van der Waals surface area contributed by atoms with E-state index in [2.05, 4.69) is 22.4 Å². The summed E-state index contributed by atoms with van der Waals surface area (Å²) in [4.78, 5) is 25.9. The molecule has 2 aliphatic carbocycles. The summed E-state index contributed by atoms with van der Waals surface area (Å²) in [6.45, 7) is 0.413. The molecule has 1 heterocycles. The minimum atomic E-state index is -0.926. The third-order valence-electron chi connectivity index (χ3n) is 6.28. The van der Waals surface area contributed by atoms with Gasteiger partial charge in [-0.2, -0.15) is 10.2 Å². The number of benzene rings is 2. The average Bonchev–Trinajstić information content (AvgIpc) is 3.40. The number of azo groups is 1. The summed E-state index contributed by atoms with van der Waals surface area (Å²) >= 11 is 0. The predicted molar refractivity (Wildman–Crippen MR) is 99.5 cm³/mol. The van der Waals surface area contributed by atoms with Crippen LogP contribution in [0.3, 0.4) is 0 Å². The van der Waals surface area contributed by atoms with Crippen molar-refractivity contribution in [2.24, 2.45) is 10.2 Å². The molecule has 27 heavy (non-hydrogen) atoms. The number of Topliss-reactive ketones (excluding diaryl/α,β-unsaturated/α-hetero) is 1. The number of ether oxygens (including phenoxy) is 1. The van der Waals surface area contributed by atoms with Gasteiger partial charge in [0.1, 0.15) is 0 Å². The highest BCUT2D eigenvalue weighted by atomic mass is 16.5. The Bertz CT molecular complexity index is 1010. The second-order valence-electron chi connectivity index (χ2n) is 7.58. The molecule has 0 bridgehead atoms.